The number of rotatable bonds is 6. The molecule has 5 heteroatoms. The predicted octanol–water partition coefficient (Wildman–Crippen LogP) is 14.7. The fourth-order valence-corrected chi connectivity index (χ4v) is 10.1. The van der Waals surface area contributed by atoms with Gasteiger partial charge in [0, 0.05) is 49.4 Å². The van der Waals surface area contributed by atoms with Crippen molar-refractivity contribution in [1.29, 1.82) is 0 Å². The first-order valence-electron chi connectivity index (χ1n) is 21.3. The Balaban J connectivity index is 1.09. The summed E-state index contributed by atoms with van der Waals surface area (Å²) in [4.78, 5) is 15.0. The molecule has 12 aromatic rings. The van der Waals surface area contributed by atoms with Gasteiger partial charge in [-0.05, 0) is 51.6 Å². The lowest BCUT2D eigenvalue weighted by molar-refractivity contribution is 0.665. The number of aromatic nitrogens is 3. The molecule has 0 fully saturated rings. The minimum Gasteiger partial charge on any atom is -0.455 e. The third kappa shape index (κ3) is 5.27. The highest BCUT2D eigenvalue weighted by Crippen LogP contribution is 2.62. The molecule has 5 nitrogen and oxygen atoms in total. The molecule has 0 bridgehead atoms. The summed E-state index contributed by atoms with van der Waals surface area (Å²) in [6.07, 6.45) is 0. The molecule has 3 aromatic heterocycles. The zero-order chi connectivity index (χ0) is 41.5. The van der Waals surface area contributed by atoms with Gasteiger partial charge in [-0.25, -0.2) is 15.0 Å². The molecule has 0 unspecified atom stereocenters. The summed E-state index contributed by atoms with van der Waals surface area (Å²) in [6, 6.07) is 74.3. The third-order valence-electron chi connectivity index (χ3n) is 12.8. The normalized spacial score (nSPS) is 12.9. The first kappa shape index (κ1) is 35.4. The van der Waals surface area contributed by atoms with Crippen LogP contribution in [-0.4, -0.2) is 15.0 Å². The van der Waals surface area contributed by atoms with Crippen molar-refractivity contribution in [3.8, 4) is 56.4 Å². The molecule has 0 amide bonds. The lowest BCUT2D eigenvalue weighted by Crippen LogP contribution is -2.28. The second-order valence-corrected chi connectivity index (χ2v) is 16.2. The summed E-state index contributed by atoms with van der Waals surface area (Å²) in [5.41, 5.74) is 14.4. The molecule has 0 radical (unpaired) electrons. The Morgan fingerprint density at radius 3 is 1.37 bits per heavy atom. The highest BCUT2D eigenvalue weighted by atomic mass is 16.3. The Labute approximate surface area is 362 Å². The minimum absolute atomic E-state index is 0.611. The molecule has 0 aliphatic heterocycles. The molecule has 3 heterocycles. The Hall–Kier alpha value is -8.41. The van der Waals surface area contributed by atoms with Crippen LogP contribution in [0.5, 0.6) is 0 Å². The van der Waals surface area contributed by atoms with E-state index in [4.69, 9.17) is 23.8 Å². The monoisotopic (exact) mass is 805 g/mol. The lowest BCUT2D eigenvalue weighted by Gasteiger charge is -2.34. The van der Waals surface area contributed by atoms with Crippen molar-refractivity contribution in [1.82, 2.24) is 15.0 Å². The Morgan fingerprint density at radius 1 is 0.333 bits per heavy atom. The van der Waals surface area contributed by atoms with Gasteiger partial charge in [0.15, 0.2) is 17.5 Å². The number of fused-ring (bicyclic) bond motifs is 11. The largest absolute Gasteiger partial charge is 0.455 e. The van der Waals surface area contributed by atoms with Crippen LogP contribution in [0.2, 0.25) is 0 Å². The zero-order valence-electron chi connectivity index (χ0n) is 33.9. The number of hydrogen-bond acceptors (Lipinski definition) is 5. The summed E-state index contributed by atoms with van der Waals surface area (Å²) in [6.45, 7) is 0. The highest BCUT2D eigenvalue weighted by molar-refractivity contribution is 6.22. The molecule has 13 rings (SSSR count). The Kier molecular flexibility index (Phi) is 7.75. The van der Waals surface area contributed by atoms with E-state index in [0.29, 0.717) is 17.5 Å². The number of hydrogen-bond donors (Lipinski definition) is 0. The topological polar surface area (TPSA) is 65.0 Å². The van der Waals surface area contributed by atoms with Gasteiger partial charge in [-0.2, -0.15) is 0 Å². The van der Waals surface area contributed by atoms with Crippen LogP contribution >= 0.6 is 0 Å². The van der Waals surface area contributed by atoms with Crippen LogP contribution in [0.3, 0.4) is 0 Å². The van der Waals surface area contributed by atoms with Crippen LogP contribution in [0, 0.1) is 0 Å². The van der Waals surface area contributed by atoms with Gasteiger partial charge in [-0.3, -0.25) is 0 Å². The molecule has 1 aliphatic rings. The van der Waals surface area contributed by atoms with E-state index in [0.717, 1.165) is 93.9 Å². The second kappa shape index (κ2) is 13.8. The standard InChI is InChI=1S/C58H35N3O2/c1-5-17-37(18-6-1)55-59-56(38-19-7-2-8-20-38)61-57(60-55)39-31-29-36(30-32-39)45-35-47-52(54-50(45)44-26-14-16-28-49(44)63-54)51-46(34-33-43-42-25-13-15-27-48(42)62-53(43)51)58(47,40-21-9-3-10-22-40)41-23-11-4-12-24-41/h1-35H. The second-order valence-electron chi connectivity index (χ2n) is 16.2. The van der Waals surface area contributed by atoms with E-state index >= 15 is 0 Å². The smallest absolute Gasteiger partial charge is 0.164 e. The summed E-state index contributed by atoms with van der Waals surface area (Å²) in [5.74, 6) is 1.87. The average molecular weight is 806 g/mol. The molecule has 1 aliphatic carbocycles. The highest BCUT2D eigenvalue weighted by Gasteiger charge is 2.49. The van der Waals surface area contributed by atoms with Gasteiger partial charge < -0.3 is 8.83 Å². The average Bonchev–Trinajstić information content (AvgIpc) is 4.03. The van der Waals surface area contributed by atoms with Crippen LogP contribution in [0.15, 0.2) is 221 Å². The number of nitrogens with zero attached hydrogens (tertiary/aromatic N) is 3. The van der Waals surface area contributed by atoms with Crippen molar-refractivity contribution in [3.63, 3.8) is 0 Å². The quantitative estimate of drug-likeness (QED) is 0.167. The SMILES string of the molecule is c1ccc(-c2nc(-c3ccccc3)nc(-c3ccc(-c4cc5c(c6oc7ccccc7c46)-c4c(ccc6c4oc4ccccc46)C5(c4ccccc4)c4ccccc4)cc3)n2)cc1. The first-order chi connectivity index (χ1) is 31.2. The van der Waals surface area contributed by atoms with Gasteiger partial charge in [0.25, 0.3) is 0 Å². The fourth-order valence-electron chi connectivity index (χ4n) is 10.1. The van der Waals surface area contributed by atoms with Crippen molar-refractivity contribution in [3.05, 3.63) is 235 Å². The maximum atomic E-state index is 7.14. The van der Waals surface area contributed by atoms with Crippen molar-refractivity contribution < 1.29 is 8.83 Å². The molecule has 0 spiro atoms. The van der Waals surface area contributed by atoms with Crippen LogP contribution in [0.25, 0.3) is 100 Å². The van der Waals surface area contributed by atoms with Gasteiger partial charge in [0.2, 0.25) is 0 Å². The molecule has 0 atom stereocenters. The summed E-state index contributed by atoms with van der Waals surface area (Å²) < 4.78 is 14.1. The molecule has 0 saturated heterocycles. The van der Waals surface area contributed by atoms with Gasteiger partial charge >= 0.3 is 0 Å². The van der Waals surface area contributed by atoms with Crippen LogP contribution in [0.1, 0.15) is 22.3 Å². The molecular formula is C58H35N3O2. The van der Waals surface area contributed by atoms with Crippen molar-refractivity contribution in [2.24, 2.45) is 0 Å². The summed E-state index contributed by atoms with van der Waals surface area (Å²) in [7, 11) is 0. The number of furan rings is 2. The molecule has 63 heavy (non-hydrogen) atoms. The van der Waals surface area contributed by atoms with E-state index in [1.165, 1.54) is 11.1 Å². The van der Waals surface area contributed by atoms with Gasteiger partial charge in [0.05, 0.1) is 5.41 Å². The third-order valence-corrected chi connectivity index (χ3v) is 12.8. The molecule has 0 saturated carbocycles. The van der Waals surface area contributed by atoms with Crippen LogP contribution < -0.4 is 0 Å². The lowest BCUT2D eigenvalue weighted by atomic mass is 9.67. The van der Waals surface area contributed by atoms with E-state index < -0.39 is 5.41 Å². The predicted molar refractivity (Wildman–Crippen MR) is 253 cm³/mol. The molecular weight excluding hydrogens is 771 g/mol. The summed E-state index contributed by atoms with van der Waals surface area (Å²) in [5, 5.41) is 4.30. The van der Waals surface area contributed by atoms with E-state index in [1.54, 1.807) is 0 Å². The van der Waals surface area contributed by atoms with Gasteiger partial charge in [-0.1, -0.05) is 194 Å². The molecule has 9 aromatic carbocycles. The van der Waals surface area contributed by atoms with E-state index in [9.17, 15) is 0 Å². The Bertz CT molecular complexity index is 3610. The summed E-state index contributed by atoms with van der Waals surface area (Å²) >= 11 is 0. The van der Waals surface area contributed by atoms with Crippen LogP contribution in [-0.2, 0) is 5.41 Å². The molecule has 294 valence electrons. The van der Waals surface area contributed by atoms with Crippen molar-refractivity contribution >= 4 is 43.9 Å². The number of benzene rings is 9. The fraction of sp³-hybridized carbons (Fsp3) is 0.0172. The number of para-hydroxylation sites is 2. The van der Waals surface area contributed by atoms with E-state index in [1.807, 2.05) is 72.8 Å². The van der Waals surface area contributed by atoms with Gasteiger partial charge in [-0.15, -0.1) is 0 Å². The van der Waals surface area contributed by atoms with E-state index in [2.05, 4.69) is 140 Å². The maximum Gasteiger partial charge on any atom is 0.164 e. The van der Waals surface area contributed by atoms with Crippen molar-refractivity contribution in [2.75, 3.05) is 0 Å². The van der Waals surface area contributed by atoms with Gasteiger partial charge in [0.1, 0.15) is 22.3 Å². The minimum atomic E-state index is -0.700. The van der Waals surface area contributed by atoms with Crippen molar-refractivity contribution in [2.45, 2.75) is 5.41 Å². The molecule has 0 N–H and O–H groups in total. The zero-order valence-corrected chi connectivity index (χ0v) is 33.9. The maximum absolute atomic E-state index is 7.14. The Morgan fingerprint density at radius 2 is 0.778 bits per heavy atom. The van der Waals surface area contributed by atoms with E-state index in [-0.39, 0.29) is 0 Å². The van der Waals surface area contributed by atoms with Crippen LogP contribution in [0.4, 0.5) is 0 Å². The first-order valence-corrected chi connectivity index (χ1v) is 21.3.